The molecule has 0 aromatic carbocycles. The predicted octanol–water partition coefficient (Wildman–Crippen LogP) is 3.76. The standard InChI is InChI=1S/C11H19BN2O2.C9H19BO3.C5H8N2/c1-8-7-13-14(6)9(8)12-15-10(2,3)11(4,5)16-12;1-7(2)11-10-12-8(3,4)9(5,6)13-10;1-5-3-6-7(2)4-5/h7H,1-6H3;7H,1-6H3;3-4H,1-2H3. The van der Waals surface area contributed by atoms with Crippen LogP contribution in [-0.2, 0) is 37.4 Å². The lowest BCUT2D eigenvalue weighted by Gasteiger charge is -2.32. The summed E-state index contributed by atoms with van der Waals surface area (Å²) in [5.74, 6) is 0. The summed E-state index contributed by atoms with van der Waals surface area (Å²) in [5, 5.41) is 8.15. The maximum Gasteiger partial charge on any atom is 0.640 e. The quantitative estimate of drug-likeness (QED) is 0.589. The van der Waals surface area contributed by atoms with Crippen LogP contribution in [0.1, 0.15) is 80.4 Å². The molecule has 2 aliphatic rings. The van der Waals surface area contributed by atoms with Crippen molar-refractivity contribution in [1.29, 1.82) is 0 Å². The molecule has 0 unspecified atom stereocenters. The number of hydrogen-bond donors (Lipinski definition) is 0. The molecule has 2 aromatic rings. The van der Waals surface area contributed by atoms with Crippen LogP contribution in [0.3, 0.4) is 0 Å². The second-order valence-corrected chi connectivity index (χ2v) is 11.8. The van der Waals surface area contributed by atoms with Gasteiger partial charge in [-0.1, -0.05) is 0 Å². The highest BCUT2D eigenvalue weighted by Gasteiger charge is 2.54. The van der Waals surface area contributed by atoms with E-state index in [1.807, 2.05) is 92.8 Å². The molecule has 2 saturated heterocycles. The first-order valence-corrected chi connectivity index (χ1v) is 12.6. The molecule has 4 heterocycles. The van der Waals surface area contributed by atoms with E-state index >= 15 is 0 Å². The first-order chi connectivity index (χ1) is 16.3. The van der Waals surface area contributed by atoms with Gasteiger partial charge in [0.2, 0.25) is 0 Å². The number of aryl methyl sites for hydroxylation is 4. The van der Waals surface area contributed by atoms with E-state index in [4.69, 9.17) is 23.3 Å². The van der Waals surface area contributed by atoms with E-state index in [2.05, 4.69) is 37.9 Å². The van der Waals surface area contributed by atoms with E-state index in [1.165, 1.54) is 5.56 Å². The van der Waals surface area contributed by atoms with Gasteiger partial charge in [-0.2, -0.15) is 10.2 Å². The normalized spacial score (nSPS) is 21.2. The van der Waals surface area contributed by atoms with Gasteiger partial charge in [-0.25, -0.2) is 0 Å². The van der Waals surface area contributed by atoms with Crippen molar-refractivity contribution in [3.63, 3.8) is 0 Å². The zero-order valence-corrected chi connectivity index (χ0v) is 24.8. The summed E-state index contributed by atoms with van der Waals surface area (Å²) in [6.45, 7) is 24.2. The lowest BCUT2D eigenvalue weighted by molar-refractivity contribution is 0.00578. The molecule has 0 aliphatic carbocycles. The molecule has 0 atom stereocenters. The van der Waals surface area contributed by atoms with Gasteiger partial charge in [0.15, 0.2) is 0 Å². The van der Waals surface area contributed by atoms with E-state index in [9.17, 15) is 0 Å². The van der Waals surface area contributed by atoms with Gasteiger partial charge in [0.25, 0.3) is 0 Å². The van der Waals surface area contributed by atoms with Crippen molar-refractivity contribution in [1.82, 2.24) is 19.6 Å². The highest BCUT2D eigenvalue weighted by Crippen LogP contribution is 2.37. The summed E-state index contributed by atoms with van der Waals surface area (Å²) in [4.78, 5) is 0. The van der Waals surface area contributed by atoms with E-state index < -0.39 is 7.32 Å². The van der Waals surface area contributed by atoms with Crippen molar-refractivity contribution >= 4 is 20.0 Å². The molecular weight excluding hydrogens is 458 g/mol. The molecule has 11 heteroatoms. The molecule has 0 bridgehead atoms. The molecule has 202 valence electrons. The van der Waals surface area contributed by atoms with Gasteiger partial charge >= 0.3 is 14.4 Å². The topological polar surface area (TPSA) is 81.8 Å². The Kier molecular flexibility index (Phi) is 9.33. The van der Waals surface area contributed by atoms with Gasteiger partial charge in [-0.15, -0.1) is 0 Å². The zero-order valence-electron chi connectivity index (χ0n) is 24.8. The smallest absolute Gasteiger partial charge is 0.398 e. The van der Waals surface area contributed by atoms with E-state index in [0.29, 0.717) is 0 Å². The van der Waals surface area contributed by atoms with Crippen molar-refractivity contribution in [3.05, 3.63) is 29.7 Å². The summed E-state index contributed by atoms with van der Waals surface area (Å²) in [7, 11) is 2.97. The fourth-order valence-corrected chi connectivity index (χ4v) is 3.46. The van der Waals surface area contributed by atoms with Crippen LogP contribution in [-0.4, -0.2) is 62.5 Å². The van der Waals surface area contributed by atoms with Gasteiger partial charge in [0.05, 0.1) is 40.4 Å². The van der Waals surface area contributed by atoms with Gasteiger partial charge in [0.1, 0.15) is 0 Å². The average Bonchev–Trinajstić information content (AvgIpc) is 3.34. The third-order valence-electron chi connectivity index (χ3n) is 7.10. The molecule has 0 saturated carbocycles. The van der Waals surface area contributed by atoms with E-state index in [1.54, 1.807) is 4.68 Å². The van der Waals surface area contributed by atoms with Crippen LogP contribution >= 0.6 is 0 Å². The maximum atomic E-state index is 5.99. The highest BCUT2D eigenvalue weighted by molar-refractivity contribution is 6.61. The minimum Gasteiger partial charge on any atom is -0.398 e. The van der Waals surface area contributed by atoms with Crippen LogP contribution in [0.2, 0.25) is 0 Å². The van der Waals surface area contributed by atoms with Crippen molar-refractivity contribution in [2.24, 2.45) is 14.1 Å². The number of hydrogen-bond acceptors (Lipinski definition) is 7. The highest BCUT2D eigenvalue weighted by atomic mass is 16.8. The van der Waals surface area contributed by atoms with Gasteiger partial charge < -0.3 is 23.3 Å². The zero-order chi connectivity index (χ0) is 27.7. The Morgan fingerprint density at radius 1 is 0.778 bits per heavy atom. The van der Waals surface area contributed by atoms with Crippen LogP contribution in [0.15, 0.2) is 18.6 Å². The minimum absolute atomic E-state index is 0.120. The van der Waals surface area contributed by atoms with Crippen molar-refractivity contribution in [3.8, 4) is 0 Å². The summed E-state index contributed by atoms with van der Waals surface area (Å²) >= 11 is 0. The van der Waals surface area contributed by atoms with Crippen LogP contribution in [0, 0.1) is 13.8 Å². The minimum atomic E-state index is -0.523. The summed E-state index contributed by atoms with van der Waals surface area (Å²) in [5.41, 5.74) is 2.11. The summed E-state index contributed by atoms with van der Waals surface area (Å²) in [6, 6.07) is 0. The second kappa shape index (κ2) is 11.0. The van der Waals surface area contributed by atoms with Crippen molar-refractivity contribution in [2.75, 3.05) is 0 Å². The largest absolute Gasteiger partial charge is 0.640 e. The van der Waals surface area contributed by atoms with Crippen molar-refractivity contribution < 1.29 is 23.3 Å². The van der Waals surface area contributed by atoms with E-state index in [-0.39, 0.29) is 35.6 Å². The number of nitrogens with zero attached hydrogens (tertiary/aromatic N) is 4. The SMILES string of the molecule is CC(C)OB1OC(C)(C)C(C)(C)O1.Cc1cnn(C)c1.Cc1cnn(C)c1B1OC(C)(C)C(C)(C)O1. The molecule has 0 radical (unpaired) electrons. The molecule has 9 nitrogen and oxygen atoms in total. The number of rotatable bonds is 3. The lowest BCUT2D eigenvalue weighted by Crippen LogP contribution is -2.41. The molecule has 0 spiro atoms. The van der Waals surface area contributed by atoms with Crippen LogP contribution in [0.4, 0.5) is 0 Å². The fraction of sp³-hybridized carbons (Fsp3) is 0.760. The third-order valence-corrected chi connectivity index (χ3v) is 7.10. The van der Waals surface area contributed by atoms with E-state index in [0.717, 1.165) is 11.2 Å². The monoisotopic (exact) mass is 504 g/mol. The van der Waals surface area contributed by atoms with Crippen LogP contribution in [0.5, 0.6) is 0 Å². The first kappa shape index (κ1) is 30.6. The molecule has 2 aromatic heterocycles. The van der Waals surface area contributed by atoms with Gasteiger partial charge in [-0.3, -0.25) is 9.36 Å². The molecule has 0 amide bonds. The summed E-state index contributed by atoms with van der Waals surface area (Å²) < 4.78 is 32.3. The van der Waals surface area contributed by atoms with Gasteiger partial charge in [-0.05, 0) is 94.2 Å². The molecule has 0 N–H and O–H groups in total. The Bertz CT molecular complexity index is 932. The molecular formula is C25H46B2N4O5. The Balaban J connectivity index is 0.000000204. The molecule has 36 heavy (non-hydrogen) atoms. The Morgan fingerprint density at radius 2 is 1.25 bits per heavy atom. The molecule has 2 fully saturated rings. The van der Waals surface area contributed by atoms with Gasteiger partial charge in [0, 0.05) is 26.4 Å². The lowest BCUT2D eigenvalue weighted by atomic mass is 9.82. The van der Waals surface area contributed by atoms with Crippen molar-refractivity contribution in [2.45, 2.75) is 112 Å². The third kappa shape index (κ3) is 7.22. The Morgan fingerprint density at radius 3 is 1.56 bits per heavy atom. The molecule has 2 aliphatic heterocycles. The second-order valence-electron chi connectivity index (χ2n) is 11.8. The van der Waals surface area contributed by atoms with Crippen LogP contribution < -0.4 is 5.59 Å². The molecule has 4 rings (SSSR count). The Hall–Kier alpha value is -1.65. The first-order valence-electron chi connectivity index (χ1n) is 12.6. The number of aromatic nitrogens is 4. The predicted molar refractivity (Wildman–Crippen MR) is 144 cm³/mol. The fourth-order valence-electron chi connectivity index (χ4n) is 3.46. The summed E-state index contributed by atoms with van der Waals surface area (Å²) in [6.07, 6.45) is 5.76. The maximum absolute atomic E-state index is 5.99. The Labute approximate surface area is 218 Å². The van der Waals surface area contributed by atoms with Crippen LogP contribution in [0.25, 0.3) is 0 Å². The average molecular weight is 504 g/mol.